The fourth-order valence-electron chi connectivity index (χ4n) is 3.92. The number of ether oxygens (including phenoxy) is 1. The van der Waals surface area contributed by atoms with Crippen LogP contribution in [-0.4, -0.2) is 38.2 Å². The molecule has 34 heavy (non-hydrogen) atoms. The number of nitrogens with zero attached hydrogens (tertiary/aromatic N) is 3. The minimum atomic E-state index is -1.02. The second-order valence-electron chi connectivity index (χ2n) is 7.60. The standard InChI is InChI=1S/C25H21N3O6/c1-2-34-20-10-8-17(9-11-20)23(29)21-22(18-6-3-7-19(13-18)28(32)33)27(25(31)24(21)30)15-16-5-4-12-26-14-16/h3-14,22,29H,2,15H2,1H3/t22-/m0/s1. The number of hydrogen-bond acceptors (Lipinski definition) is 7. The Labute approximate surface area is 195 Å². The first-order valence-electron chi connectivity index (χ1n) is 10.6. The number of aliphatic hydroxyl groups excluding tert-OH is 1. The summed E-state index contributed by atoms with van der Waals surface area (Å²) < 4.78 is 5.42. The van der Waals surface area contributed by atoms with E-state index >= 15 is 0 Å². The van der Waals surface area contributed by atoms with E-state index in [9.17, 15) is 24.8 Å². The zero-order valence-corrected chi connectivity index (χ0v) is 18.2. The van der Waals surface area contributed by atoms with Gasteiger partial charge in [0, 0.05) is 36.6 Å². The monoisotopic (exact) mass is 459 g/mol. The van der Waals surface area contributed by atoms with Crippen LogP contribution >= 0.6 is 0 Å². The molecule has 1 amide bonds. The minimum absolute atomic E-state index is 0.0336. The van der Waals surface area contributed by atoms with Gasteiger partial charge in [0.2, 0.25) is 0 Å². The fraction of sp³-hybridized carbons (Fsp3) is 0.160. The average Bonchev–Trinajstić information content (AvgIpc) is 3.10. The highest BCUT2D eigenvalue weighted by Crippen LogP contribution is 2.41. The Hall–Kier alpha value is -4.53. The van der Waals surface area contributed by atoms with Crippen LogP contribution in [0.4, 0.5) is 5.69 Å². The number of Topliss-reactive ketones (excluding diaryl/α,β-unsaturated/α-hetero) is 1. The van der Waals surface area contributed by atoms with E-state index in [1.807, 2.05) is 6.92 Å². The maximum atomic E-state index is 13.1. The zero-order valence-electron chi connectivity index (χ0n) is 18.2. The molecule has 0 bridgehead atoms. The third-order valence-corrected chi connectivity index (χ3v) is 5.45. The van der Waals surface area contributed by atoms with Crippen molar-refractivity contribution >= 4 is 23.1 Å². The van der Waals surface area contributed by atoms with E-state index in [0.29, 0.717) is 29.0 Å². The average molecular weight is 459 g/mol. The molecule has 2 aromatic carbocycles. The Kier molecular flexibility index (Phi) is 6.35. The van der Waals surface area contributed by atoms with Crippen LogP contribution < -0.4 is 4.74 Å². The van der Waals surface area contributed by atoms with Crippen molar-refractivity contribution in [1.29, 1.82) is 0 Å². The molecule has 172 valence electrons. The molecule has 1 saturated heterocycles. The van der Waals surface area contributed by atoms with Gasteiger partial charge in [-0.15, -0.1) is 0 Å². The number of benzene rings is 2. The van der Waals surface area contributed by atoms with Crippen molar-refractivity contribution in [2.75, 3.05) is 6.61 Å². The van der Waals surface area contributed by atoms with Crippen molar-refractivity contribution in [3.8, 4) is 5.75 Å². The number of nitro groups is 1. The van der Waals surface area contributed by atoms with Gasteiger partial charge >= 0.3 is 0 Å². The van der Waals surface area contributed by atoms with Gasteiger partial charge in [-0.3, -0.25) is 24.7 Å². The summed E-state index contributed by atoms with van der Waals surface area (Å²) in [4.78, 5) is 42.3. The lowest BCUT2D eigenvalue weighted by molar-refractivity contribution is -0.384. The second-order valence-corrected chi connectivity index (χ2v) is 7.60. The number of amides is 1. The molecule has 9 nitrogen and oxygen atoms in total. The van der Waals surface area contributed by atoms with Gasteiger partial charge in [0.05, 0.1) is 23.1 Å². The van der Waals surface area contributed by atoms with Crippen molar-refractivity contribution in [2.24, 2.45) is 0 Å². The molecular formula is C25H21N3O6. The summed E-state index contributed by atoms with van der Waals surface area (Å²) in [7, 11) is 0. The smallest absolute Gasteiger partial charge is 0.295 e. The van der Waals surface area contributed by atoms with Gasteiger partial charge in [-0.2, -0.15) is 0 Å². The Bertz CT molecular complexity index is 1270. The molecule has 1 atom stereocenters. The number of non-ortho nitro benzene ring substituents is 1. The van der Waals surface area contributed by atoms with E-state index in [2.05, 4.69) is 4.98 Å². The summed E-state index contributed by atoms with van der Waals surface area (Å²) in [6, 6.07) is 14.6. The maximum Gasteiger partial charge on any atom is 0.295 e. The van der Waals surface area contributed by atoms with Gasteiger partial charge in [0.15, 0.2) is 0 Å². The number of ketones is 1. The predicted octanol–water partition coefficient (Wildman–Crippen LogP) is 4.01. The number of rotatable bonds is 7. The van der Waals surface area contributed by atoms with Crippen LogP contribution in [0.5, 0.6) is 5.75 Å². The van der Waals surface area contributed by atoms with E-state index in [4.69, 9.17) is 4.74 Å². The molecule has 2 heterocycles. The summed E-state index contributed by atoms with van der Waals surface area (Å²) in [5.41, 5.74) is 0.994. The Balaban J connectivity index is 1.85. The van der Waals surface area contributed by atoms with Crippen molar-refractivity contribution < 1.29 is 24.4 Å². The summed E-state index contributed by atoms with van der Waals surface area (Å²) in [5.74, 6) is -1.46. The zero-order chi connectivity index (χ0) is 24.2. The molecule has 1 aromatic heterocycles. The van der Waals surface area contributed by atoms with Gasteiger partial charge < -0.3 is 14.7 Å². The Morgan fingerprint density at radius 3 is 2.56 bits per heavy atom. The van der Waals surface area contributed by atoms with Crippen LogP contribution in [0.3, 0.4) is 0 Å². The molecule has 0 radical (unpaired) electrons. The van der Waals surface area contributed by atoms with Crippen molar-refractivity contribution in [2.45, 2.75) is 19.5 Å². The van der Waals surface area contributed by atoms with Crippen molar-refractivity contribution in [3.05, 3.63) is 105 Å². The molecule has 0 spiro atoms. The predicted molar refractivity (Wildman–Crippen MR) is 123 cm³/mol. The molecular weight excluding hydrogens is 438 g/mol. The molecule has 9 heteroatoms. The molecule has 1 N–H and O–H groups in total. The summed E-state index contributed by atoms with van der Waals surface area (Å²) in [5, 5.41) is 22.5. The molecule has 1 fully saturated rings. The Morgan fingerprint density at radius 2 is 1.91 bits per heavy atom. The van der Waals surface area contributed by atoms with Gasteiger partial charge in [-0.1, -0.05) is 18.2 Å². The second kappa shape index (κ2) is 9.53. The molecule has 0 unspecified atom stereocenters. The number of aliphatic hydroxyl groups is 1. The number of pyridine rings is 1. The largest absolute Gasteiger partial charge is 0.507 e. The summed E-state index contributed by atoms with van der Waals surface area (Å²) in [6.07, 6.45) is 3.15. The first-order valence-corrected chi connectivity index (χ1v) is 10.6. The number of aromatic nitrogens is 1. The SMILES string of the molecule is CCOc1ccc(C(O)=C2C(=O)C(=O)N(Cc3cccnc3)[C@H]2c2cccc([N+](=O)[O-])c2)cc1. The van der Waals surface area contributed by atoms with Gasteiger partial charge in [0.25, 0.3) is 17.4 Å². The molecule has 1 aliphatic rings. The third kappa shape index (κ3) is 4.36. The molecule has 0 saturated carbocycles. The molecule has 0 aliphatic carbocycles. The number of hydrogen-bond donors (Lipinski definition) is 1. The number of carbonyl (C=O) groups excluding carboxylic acids is 2. The minimum Gasteiger partial charge on any atom is -0.507 e. The number of nitro benzene ring substituents is 1. The Morgan fingerprint density at radius 1 is 1.15 bits per heavy atom. The highest BCUT2D eigenvalue weighted by atomic mass is 16.6. The van der Waals surface area contributed by atoms with Crippen LogP contribution in [0.1, 0.15) is 29.7 Å². The number of likely N-dealkylation sites (tertiary alicyclic amines) is 1. The van der Waals surface area contributed by atoms with Gasteiger partial charge in [-0.05, 0) is 48.4 Å². The van der Waals surface area contributed by atoms with Crippen molar-refractivity contribution in [3.63, 3.8) is 0 Å². The van der Waals surface area contributed by atoms with Crippen molar-refractivity contribution in [1.82, 2.24) is 9.88 Å². The van der Waals surface area contributed by atoms with E-state index in [-0.39, 0.29) is 23.6 Å². The van der Waals surface area contributed by atoms with Crippen LogP contribution in [0.25, 0.3) is 5.76 Å². The fourth-order valence-corrected chi connectivity index (χ4v) is 3.92. The van der Waals surface area contributed by atoms with Crippen LogP contribution in [0, 0.1) is 10.1 Å². The first-order chi connectivity index (χ1) is 16.4. The lowest BCUT2D eigenvalue weighted by Crippen LogP contribution is -2.29. The van der Waals surface area contributed by atoms with E-state index in [1.165, 1.54) is 23.1 Å². The lowest BCUT2D eigenvalue weighted by atomic mass is 9.95. The van der Waals surface area contributed by atoms with E-state index in [0.717, 1.165) is 0 Å². The summed E-state index contributed by atoms with van der Waals surface area (Å²) in [6.45, 7) is 2.35. The highest BCUT2D eigenvalue weighted by molar-refractivity contribution is 6.46. The maximum absolute atomic E-state index is 13.1. The van der Waals surface area contributed by atoms with Crippen LogP contribution in [0.15, 0.2) is 78.6 Å². The lowest BCUT2D eigenvalue weighted by Gasteiger charge is -2.25. The van der Waals surface area contributed by atoms with Crippen LogP contribution in [-0.2, 0) is 16.1 Å². The van der Waals surface area contributed by atoms with Gasteiger partial charge in [-0.25, -0.2) is 0 Å². The topological polar surface area (TPSA) is 123 Å². The quantitative estimate of drug-likeness (QED) is 0.186. The first kappa shape index (κ1) is 22.7. The van der Waals surface area contributed by atoms with Gasteiger partial charge in [0.1, 0.15) is 11.5 Å². The number of carbonyl (C=O) groups is 2. The molecule has 4 rings (SSSR count). The summed E-state index contributed by atoms with van der Waals surface area (Å²) >= 11 is 0. The van der Waals surface area contributed by atoms with E-state index in [1.54, 1.807) is 54.9 Å². The highest BCUT2D eigenvalue weighted by Gasteiger charge is 2.46. The molecule has 3 aromatic rings. The molecule has 1 aliphatic heterocycles. The van der Waals surface area contributed by atoms with Crippen LogP contribution in [0.2, 0.25) is 0 Å². The van der Waals surface area contributed by atoms with E-state index < -0.39 is 22.7 Å². The third-order valence-electron chi connectivity index (χ3n) is 5.45. The normalized spacial score (nSPS) is 17.1.